The maximum atomic E-state index is 13.7. The van der Waals surface area contributed by atoms with Crippen molar-refractivity contribution in [2.45, 2.75) is 25.4 Å². The molecule has 0 radical (unpaired) electrons. The van der Waals surface area contributed by atoms with Gasteiger partial charge in [0.05, 0.1) is 13.7 Å². The lowest BCUT2D eigenvalue weighted by atomic mass is 10.00. The number of ketones is 1. The van der Waals surface area contributed by atoms with Gasteiger partial charge in [-0.1, -0.05) is 109 Å². The molecule has 0 aliphatic carbocycles. The Balaban J connectivity index is 1.07. The van der Waals surface area contributed by atoms with Gasteiger partial charge in [-0.3, -0.25) is 14.6 Å². The van der Waals surface area contributed by atoms with Gasteiger partial charge in [0.25, 0.3) is 5.91 Å². The second-order valence-corrected chi connectivity index (χ2v) is 12.1. The average Bonchev–Trinajstić information content (AvgIpc) is 3.19. The minimum atomic E-state index is -0.725. The minimum absolute atomic E-state index is 0.130. The molecule has 8 heteroatoms. The summed E-state index contributed by atoms with van der Waals surface area (Å²) >= 11 is 0. The topological polar surface area (TPSA) is 97.8 Å². The predicted octanol–water partition coefficient (Wildman–Crippen LogP) is 7.77. The third-order valence-electron chi connectivity index (χ3n) is 8.58. The third-order valence-corrected chi connectivity index (χ3v) is 8.58. The summed E-state index contributed by atoms with van der Waals surface area (Å²) in [5.41, 5.74) is 3.92. The predicted molar refractivity (Wildman–Crippen MR) is 199 cm³/mol. The average molecular weight is 678 g/mol. The van der Waals surface area contributed by atoms with Crippen molar-refractivity contribution in [3.8, 4) is 5.75 Å². The van der Waals surface area contributed by atoms with Gasteiger partial charge < -0.3 is 19.7 Å². The monoisotopic (exact) mass is 677 g/mol. The van der Waals surface area contributed by atoms with Crippen LogP contribution in [-0.4, -0.2) is 53.8 Å². The molecule has 1 heterocycles. The van der Waals surface area contributed by atoms with E-state index in [2.05, 4.69) is 10.3 Å². The Morgan fingerprint density at radius 1 is 0.745 bits per heavy atom. The summed E-state index contributed by atoms with van der Waals surface area (Å²) in [6.45, 7) is 1.35. The van der Waals surface area contributed by atoms with Gasteiger partial charge in [-0.2, -0.15) is 0 Å². The molecule has 0 aliphatic rings. The minimum Gasteiger partial charge on any atom is -0.494 e. The lowest BCUT2D eigenvalue weighted by molar-refractivity contribution is -0.141. The zero-order valence-electron chi connectivity index (χ0n) is 28.4. The molecule has 8 nitrogen and oxygen atoms in total. The first-order valence-electron chi connectivity index (χ1n) is 16.9. The number of rotatable bonds is 15. The third kappa shape index (κ3) is 9.05. The maximum absolute atomic E-state index is 13.7. The number of hydrogen-bond acceptors (Lipinski definition) is 7. The molecule has 5 aromatic carbocycles. The molecule has 6 aromatic rings. The van der Waals surface area contributed by atoms with Crippen LogP contribution in [0.1, 0.15) is 44.0 Å². The van der Waals surface area contributed by atoms with E-state index in [4.69, 9.17) is 9.47 Å². The van der Waals surface area contributed by atoms with Crippen LogP contribution in [0.3, 0.4) is 0 Å². The number of carbonyl (C=O) groups is 3. The fourth-order valence-electron chi connectivity index (χ4n) is 5.90. The fraction of sp³-hybridized carbons (Fsp3) is 0.163. The van der Waals surface area contributed by atoms with Gasteiger partial charge in [-0.25, -0.2) is 4.79 Å². The van der Waals surface area contributed by atoms with E-state index < -0.39 is 12.0 Å². The Kier molecular flexibility index (Phi) is 11.5. The summed E-state index contributed by atoms with van der Waals surface area (Å²) in [5.74, 6) is -0.0282. The SMILES string of the molecule is COC(=O)C(Cc1ccc(OCCCN(Cc2ccccc2)C(=O)c2cc3ccccc3cn2)cc1)Nc1ccccc1C(=O)c1ccccc1. The van der Waals surface area contributed by atoms with Crippen LogP contribution in [0.2, 0.25) is 0 Å². The molecule has 0 aliphatic heterocycles. The first-order valence-corrected chi connectivity index (χ1v) is 16.9. The highest BCUT2D eigenvalue weighted by atomic mass is 16.5. The van der Waals surface area contributed by atoms with Crippen molar-refractivity contribution < 1.29 is 23.9 Å². The van der Waals surface area contributed by atoms with Crippen molar-refractivity contribution >= 4 is 34.1 Å². The van der Waals surface area contributed by atoms with Crippen LogP contribution in [0, 0.1) is 0 Å². The number of nitrogens with zero attached hydrogens (tertiary/aromatic N) is 2. The number of ether oxygens (including phenoxy) is 2. The van der Waals surface area contributed by atoms with Crippen LogP contribution in [0.25, 0.3) is 10.8 Å². The second kappa shape index (κ2) is 16.9. The van der Waals surface area contributed by atoms with E-state index in [1.807, 2.05) is 114 Å². The van der Waals surface area contributed by atoms with Crippen LogP contribution in [0.15, 0.2) is 146 Å². The number of anilines is 1. The highest BCUT2D eigenvalue weighted by Crippen LogP contribution is 2.23. The zero-order chi connectivity index (χ0) is 35.4. The standard InChI is InChI=1S/C43H39N3O5/c1-50-43(49)40(45-38-20-11-10-19-37(38)41(47)33-15-6-3-7-16-33)27-31-21-23-36(24-22-31)51-26-12-25-46(30-32-13-4-2-5-14-32)42(48)39-28-34-17-8-9-18-35(34)29-44-39/h2-11,13-24,28-29,40,45H,12,25-27,30H2,1H3. The van der Waals surface area contributed by atoms with Gasteiger partial charge in [0, 0.05) is 47.9 Å². The van der Waals surface area contributed by atoms with E-state index in [1.54, 1.807) is 36.5 Å². The van der Waals surface area contributed by atoms with Gasteiger partial charge in [0.2, 0.25) is 0 Å². The summed E-state index contributed by atoms with van der Waals surface area (Å²) in [6, 6.07) is 42.6. The normalized spacial score (nSPS) is 11.4. The molecule has 1 aromatic heterocycles. The molecular formula is C43H39N3O5. The number of hydrogen-bond donors (Lipinski definition) is 1. The van der Waals surface area contributed by atoms with Crippen LogP contribution >= 0.6 is 0 Å². The number of para-hydroxylation sites is 1. The highest BCUT2D eigenvalue weighted by molar-refractivity contribution is 6.12. The smallest absolute Gasteiger partial charge is 0.328 e. The number of nitrogens with one attached hydrogen (secondary N) is 1. The van der Waals surface area contributed by atoms with E-state index in [9.17, 15) is 14.4 Å². The number of amides is 1. The summed E-state index contributed by atoms with van der Waals surface area (Å²) in [5, 5.41) is 5.21. The Hall–Kier alpha value is -6.28. The molecule has 256 valence electrons. The Morgan fingerprint density at radius 2 is 1.41 bits per heavy atom. The van der Waals surface area contributed by atoms with E-state index in [0.29, 0.717) is 60.8 Å². The van der Waals surface area contributed by atoms with E-state index in [1.165, 1.54) is 7.11 Å². The molecule has 6 rings (SSSR count). The van der Waals surface area contributed by atoms with Gasteiger partial charge >= 0.3 is 5.97 Å². The number of methoxy groups -OCH3 is 1. The van der Waals surface area contributed by atoms with Crippen molar-refractivity contribution in [2.75, 3.05) is 25.6 Å². The lowest BCUT2D eigenvalue weighted by Gasteiger charge is -2.23. The first-order chi connectivity index (χ1) is 25.0. The maximum Gasteiger partial charge on any atom is 0.328 e. The van der Waals surface area contributed by atoms with Crippen LogP contribution in [0.4, 0.5) is 5.69 Å². The number of benzene rings is 5. The fourth-order valence-corrected chi connectivity index (χ4v) is 5.90. The van der Waals surface area contributed by atoms with Gasteiger partial charge in [-0.15, -0.1) is 0 Å². The van der Waals surface area contributed by atoms with Gasteiger partial charge in [0.1, 0.15) is 17.5 Å². The number of pyridine rings is 1. The van der Waals surface area contributed by atoms with Crippen molar-refractivity contribution in [3.05, 3.63) is 174 Å². The molecule has 51 heavy (non-hydrogen) atoms. The molecule has 0 bridgehead atoms. The zero-order valence-corrected chi connectivity index (χ0v) is 28.4. The van der Waals surface area contributed by atoms with Crippen molar-refractivity contribution in [3.63, 3.8) is 0 Å². The number of fused-ring (bicyclic) bond motifs is 1. The van der Waals surface area contributed by atoms with Crippen LogP contribution < -0.4 is 10.1 Å². The Bertz CT molecular complexity index is 2080. The van der Waals surface area contributed by atoms with Crippen molar-refractivity contribution in [1.82, 2.24) is 9.88 Å². The van der Waals surface area contributed by atoms with Gasteiger partial charge in [-0.05, 0) is 53.3 Å². The van der Waals surface area contributed by atoms with E-state index >= 15 is 0 Å². The molecule has 1 unspecified atom stereocenters. The molecule has 0 spiro atoms. The molecule has 0 fully saturated rings. The summed E-state index contributed by atoms with van der Waals surface area (Å²) in [7, 11) is 1.35. The first kappa shape index (κ1) is 34.6. The van der Waals surface area contributed by atoms with Gasteiger partial charge in [0.15, 0.2) is 5.78 Å². The second-order valence-electron chi connectivity index (χ2n) is 12.1. The van der Waals surface area contributed by atoms with Crippen molar-refractivity contribution in [1.29, 1.82) is 0 Å². The van der Waals surface area contributed by atoms with E-state index in [-0.39, 0.29) is 11.7 Å². The molecule has 0 saturated heterocycles. The molecule has 0 saturated carbocycles. The van der Waals surface area contributed by atoms with Crippen molar-refractivity contribution in [2.24, 2.45) is 0 Å². The quantitative estimate of drug-likeness (QED) is 0.0674. The summed E-state index contributed by atoms with van der Waals surface area (Å²) in [6.07, 6.45) is 2.69. The number of aromatic nitrogens is 1. The molecular weight excluding hydrogens is 638 g/mol. The number of esters is 1. The van der Waals surface area contributed by atoms with Crippen LogP contribution in [-0.2, 0) is 22.5 Å². The summed E-state index contributed by atoms with van der Waals surface area (Å²) < 4.78 is 11.2. The Labute approximate surface area is 297 Å². The largest absolute Gasteiger partial charge is 0.494 e. The van der Waals surface area contributed by atoms with E-state index in [0.717, 1.165) is 21.9 Å². The Morgan fingerprint density at radius 3 is 2.16 bits per heavy atom. The lowest BCUT2D eigenvalue weighted by Crippen LogP contribution is -2.33. The molecule has 1 amide bonds. The number of carbonyl (C=O) groups excluding carboxylic acids is 3. The highest BCUT2D eigenvalue weighted by Gasteiger charge is 2.23. The molecule has 1 atom stereocenters. The summed E-state index contributed by atoms with van der Waals surface area (Å²) in [4.78, 5) is 46.0. The van der Waals surface area contributed by atoms with Crippen LogP contribution in [0.5, 0.6) is 5.75 Å². The molecule has 1 N–H and O–H groups in total.